The molecule has 0 bridgehead atoms. The average molecular weight is 349 g/mol. The number of rotatable bonds is 4. The molecule has 4 rings (SSSR count). The van der Waals surface area contributed by atoms with Crippen molar-refractivity contribution in [3.8, 4) is 0 Å². The first-order valence-electron chi connectivity index (χ1n) is 7.94. The zero-order valence-electron chi connectivity index (χ0n) is 13.3. The second-order valence-corrected chi connectivity index (χ2v) is 6.70. The van der Waals surface area contributed by atoms with Crippen LogP contribution in [0, 0.1) is 0 Å². The van der Waals surface area contributed by atoms with Gasteiger partial charge in [0.05, 0.1) is 10.9 Å². The maximum atomic E-state index is 12.2. The zero-order valence-corrected chi connectivity index (χ0v) is 14.1. The van der Waals surface area contributed by atoms with Crippen molar-refractivity contribution in [1.82, 2.24) is 9.97 Å². The first-order valence-corrected chi connectivity index (χ1v) is 8.82. The Hall–Kier alpha value is -2.99. The molecule has 0 aliphatic rings. The van der Waals surface area contributed by atoms with Crippen LogP contribution >= 0.6 is 11.3 Å². The van der Waals surface area contributed by atoms with E-state index >= 15 is 0 Å². The molecular weight excluding hydrogens is 334 g/mol. The molecule has 25 heavy (non-hydrogen) atoms. The van der Waals surface area contributed by atoms with E-state index in [1.165, 1.54) is 4.70 Å². The Balaban J connectivity index is 1.45. The number of aryl methyl sites for hydroxylation is 1. The number of aromatic nitrogens is 2. The molecule has 2 aromatic heterocycles. The van der Waals surface area contributed by atoms with Crippen LogP contribution in [0.3, 0.4) is 0 Å². The topological polar surface area (TPSA) is 74.8 Å². The SMILES string of the molecule is O=C(CCc1nc2ccccc2c(=O)[nH]1)Nc1ccc2sccc2c1. The largest absolute Gasteiger partial charge is 0.326 e. The van der Waals surface area contributed by atoms with Gasteiger partial charge in [-0.1, -0.05) is 12.1 Å². The maximum Gasteiger partial charge on any atom is 0.258 e. The summed E-state index contributed by atoms with van der Waals surface area (Å²) in [6, 6.07) is 15.1. The number of H-pyrrole nitrogens is 1. The molecule has 0 aliphatic carbocycles. The third-order valence-corrected chi connectivity index (χ3v) is 4.88. The molecule has 5 nitrogen and oxygen atoms in total. The fourth-order valence-electron chi connectivity index (χ4n) is 2.75. The van der Waals surface area contributed by atoms with Gasteiger partial charge in [-0.05, 0) is 47.2 Å². The van der Waals surface area contributed by atoms with Crippen LogP contribution in [0.15, 0.2) is 58.7 Å². The van der Waals surface area contributed by atoms with Crippen molar-refractivity contribution in [2.75, 3.05) is 5.32 Å². The summed E-state index contributed by atoms with van der Waals surface area (Å²) in [4.78, 5) is 31.4. The summed E-state index contributed by atoms with van der Waals surface area (Å²) in [5.41, 5.74) is 1.24. The molecule has 6 heteroatoms. The number of fused-ring (bicyclic) bond motifs is 2. The van der Waals surface area contributed by atoms with E-state index in [0.717, 1.165) is 11.1 Å². The molecule has 0 unspecified atom stereocenters. The molecular formula is C19H15N3O2S. The van der Waals surface area contributed by atoms with Crippen LogP contribution < -0.4 is 10.9 Å². The molecule has 2 N–H and O–H groups in total. The van der Waals surface area contributed by atoms with Gasteiger partial charge in [0, 0.05) is 23.2 Å². The second kappa shape index (κ2) is 6.49. The molecule has 124 valence electrons. The van der Waals surface area contributed by atoms with E-state index < -0.39 is 0 Å². The first kappa shape index (κ1) is 15.5. The molecule has 2 heterocycles. The fourth-order valence-corrected chi connectivity index (χ4v) is 3.52. The van der Waals surface area contributed by atoms with Crippen molar-refractivity contribution >= 4 is 43.9 Å². The summed E-state index contributed by atoms with van der Waals surface area (Å²) < 4.78 is 1.19. The standard InChI is InChI=1S/C19H15N3O2S/c23-18(20-13-5-6-16-12(11-13)9-10-25-16)8-7-17-21-15-4-2-1-3-14(15)19(24)22-17/h1-6,9-11H,7-8H2,(H,20,23)(H,21,22,24). The van der Waals surface area contributed by atoms with E-state index in [-0.39, 0.29) is 17.9 Å². The lowest BCUT2D eigenvalue weighted by Gasteiger charge is -2.06. The molecule has 0 spiro atoms. The smallest absolute Gasteiger partial charge is 0.258 e. The van der Waals surface area contributed by atoms with Crippen molar-refractivity contribution in [1.29, 1.82) is 0 Å². The minimum absolute atomic E-state index is 0.106. The highest BCUT2D eigenvalue weighted by Crippen LogP contribution is 2.24. The highest BCUT2D eigenvalue weighted by Gasteiger charge is 2.07. The minimum atomic E-state index is -0.177. The maximum absolute atomic E-state index is 12.2. The number of amides is 1. The number of thiophene rings is 1. The van der Waals surface area contributed by atoms with Crippen LogP contribution in [0.5, 0.6) is 0 Å². The van der Waals surface area contributed by atoms with Crippen molar-refractivity contribution in [2.45, 2.75) is 12.8 Å². The number of carbonyl (C=O) groups excluding carboxylic acids is 1. The van der Waals surface area contributed by atoms with Crippen molar-refractivity contribution in [2.24, 2.45) is 0 Å². The van der Waals surface area contributed by atoms with Crippen molar-refractivity contribution in [3.05, 3.63) is 70.1 Å². The molecule has 0 saturated heterocycles. The molecule has 4 aromatic rings. The molecule has 0 aliphatic heterocycles. The number of anilines is 1. The van der Waals surface area contributed by atoms with Gasteiger partial charge in [-0.25, -0.2) is 4.98 Å². The lowest BCUT2D eigenvalue weighted by Crippen LogP contribution is -2.16. The second-order valence-electron chi connectivity index (χ2n) is 5.75. The summed E-state index contributed by atoms with van der Waals surface area (Å²) >= 11 is 1.67. The summed E-state index contributed by atoms with van der Waals surface area (Å²) in [6.45, 7) is 0. The molecule has 0 saturated carbocycles. The van der Waals surface area contributed by atoms with Crippen molar-refractivity contribution in [3.63, 3.8) is 0 Å². The van der Waals surface area contributed by atoms with E-state index in [0.29, 0.717) is 23.1 Å². The minimum Gasteiger partial charge on any atom is -0.326 e. The molecule has 1 amide bonds. The Bertz CT molecular complexity index is 1130. The molecule has 2 aromatic carbocycles. The van der Waals surface area contributed by atoms with Crippen LogP contribution in [0.2, 0.25) is 0 Å². The number of hydrogen-bond donors (Lipinski definition) is 2. The quantitative estimate of drug-likeness (QED) is 0.590. The van der Waals surface area contributed by atoms with Gasteiger partial charge in [-0.15, -0.1) is 11.3 Å². The Kier molecular flexibility index (Phi) is 4.03. The van der Waals surface area contributed by atoms with E-state index in [4.69, 9.17) is 0 Å². The predicted octanol–water partition coefficient (Wildman–Crippen LogP) is 3.71. The van der Waals surface area contributed by atoms with Gasteiger partial charge in [-0.2, -0.15) is 0 Å². The van der Waals surface area contributed by atoms with Gasteiger partial charge in [0.25, 0.3) is 5.56 Å². The summed E-state index contributed by atoms with van der Waals surface area (Å²) in [5.74, 6) is 0.414. The number of hydrogen-bond acceptors (Lipinski definition) is 4. The number of benzene rings is 2. The fraction of sp³-hybridized carbons (Fsp3) is 0.105. The number of carbonyl (C=O) groups is 1. The van der Waals surface area contributed by atoms with Gasteiger partial charge in [0.2, 0.25) is 5.91 Å². The molecule has 0 fully saturated rings. The van der Waals surface area contributed by atoms with E-state index in [9.17, 15) is 9.59 Å². The lowest BCUT2D eigenvalue weighted by molar-refractivity contribution is -0.116. The van der Waals surface area contributed by atoms with E-state index in [2.05, 4.69) is 15.3 Å². The van der Waals surface area contributed by atoms with Gasteiger partial charge in [0.1, 0.15) is 5.82 Å². The first-order chi connectivity index (χ1) is 12.2. The van der Waals surface area contributed by atoms with Gasteiger partial charge < -0.3 is 10.3 Å². The highest BCUT2D eigenvalue weighted by atomic mass is 32.1. The predicted molar refractivity (Wildman–Crippen MR) is 101 cm³/mol. The van der Waals surface area contributed by atoms with E-state index in [1.54, 1.807) is 29.5 Å². The molecule has 0 radical (unpaired) electrons. The number of nitrogens with one attached hydrogen (secondary N) is 2. The van der Waals surface area contributed by atoms with E-state index in [1.807, 2.05) is 35.7 Å². The number of aromatic amines is 1. The van der Waals surface area contributed by atoms with Crippen LogP contribution in [0.1, 0.15) is 12.2 Å². The normalized spacial score (nSPS) is 11.0. The summed E-state index contributed by atoms with van der Waals surface area (Å²) in [7, 11) is 0. The number of nitrogens with zero attached hydrogens (tertiary/aromatic N) is 1. The summed E-state index contributed by atoms with van der Waals surface area (Å²) in [6.07, 6.45) is 0.634. The Morgan fingerprint density at radius 2 is 2.04 bits per heavy atom. The third-order valence-electron chi connectivity index (χ3n) is 3.99. The highest BCUT2D eigenvalue weighted by molar-refractivity contribution is 7.17. The number of para-hydroxylation sites is 1. The third kappa shape index (κ3) is 3.29. The molecule has 0 atom stereocenters. The van der Waals surface area contributed by atoms with Gasteiger partial charge in [-0.3, -0.25) is 9.59 Å². The van der Waals surface area contributed by atoms with Crippen LogP contribution in [0.4, 0.5) is 5.69 Å². The Morgan fingerprint density at radius 3 is 2.96 bits per heavy atom. The Morgan fingerprint density at radius 1 is 1.16 bits per heavy atom. The summed E-state index contributed by atoms with van der Waals surface area (Å²) in [5, 5.41) is 6.59. The Labute approximate surface area is 147 Å². The monoisotopic (exact) mass is 349 g/mol. The van der Waals surface area contributed by atoms with Crippen LogP contribution in [0.25, 0.3) is 21.0 Å². The van der Waals surface area contributed by atoms with Gasteiger partial charge >= 0.3 is 0 Å². The van der Waals surface area contributed by atoms with Gasteiger partial charge in [0.15, 0.2) is 0 Å². The average Bonchev–Trinajstić information content (AvgIpc) is 3.08. The van der Waals surface area contributed by atoms with Crippen molar-refractivity contribution < 1.29 is 4.79 Å². The van der Waals surface area contributed by atoms with Crippen LogP contribution in [-0.4, -0.2) is 15.9 Å². The lowest BCUT2D eigenvalue weighted by atomic mass is 10.2. The zero-order chi connectivity index (χ0) is 17.2. The van der Waals surface area contributed by atoms with Crippen LogP contribution in [-0.2, 0) is 11.2 Å².